The second-order valence-corrected chi connectivity index (χ2v) is 7.91. The van der Waals surface area contributed by atoms with Crippen LogP contribution in [0, 0.1) is 0 Å². The van der Waals surface area contributed by atoms with Crippen LogP contribution in [0.4, 0.5) is 0 Å². The fourth-order valence-electron chi connectivity index (χ4n) is 3.85. The van der Waals surface area contributed by atoms with Crippen LogP contribution in [-0.2, 0) is 13.1 Å². The Morgan fingerprint density at radius 2 is 1.79 bits per heavy atom. The summed E-state index contributed by atoms with van der Waals surface area (Å²) in [5, 5.41) is 2.15. The Balaban J connectivity index is 1.39. The number of carbonyl (C=O) groups is 1. The van der Waals surface area contributed by atoms with Crippen molar-refractivity contribution in [2.75, 3.05) is 26.2 Å². The Labute approximate surface area is 172 Å². The van der Waals surface area contributed by atoms with Crippen LogP contribution in [0.1, 0.15) is 29.9 Å². The summed E-state index contributed by atoms with van der Waals surface area (Å²) in [4.78, 5) is 21.8. The quantitative estimate of drug-likeness (QED) is 0.621. The molecule has 0 radical (unpaired) electrons. The molecule has 150 valence electrons. The lowest BCUT2D eigenvalue weighted by Gasteiger charge is -2.35. The molecule has 0 atom stereocenters. The molecule has 1 aliphatic heterocycles. The number of hydrogen-bond acceptors (Lipinski definition) is 3. The number of imidazole rings is 1. The van der Waals surface area contributed by atoms with E-state index in [1.807, 2.05) is 47.8 Å². The Kier molecular flexibility index (Phi) is 5.76. The first-order valence-electron chi connectivity index (χ1n) is 10.2. The third kappa shape index (κ3) is 4.40. The summed E-state index contributed by atoms with van der Waals surface area (Å²) in [7, 11) is 0. The molecule has 1 saturated heterocycles. The second kappa shape index (κ2) is 8.62. The van der Waals surface area contributed by atoms with Gasteiger partial charge >= 0.3 is 0 Å². The smallest absolute Gasteiger partial charge is 0.254 e. The molecular formula is C24H28N4O. The van der Waals surface area contributed by atoms with E-state index in [0.717, 1.165) is 55.6 Å². The number of hydrogen-bond donors (Lipinski definition) is 0. The van der Waals surface area contributed by atoms with Crippen molar-refractivity contribution in [3.05, 3.63) is 77.9 Å². The maximum absolute atomic E-state index is 13.1. The molecule has 3 aromatic rings. The molecule has 5 heteroatoms. The van der Waals surface area contributed by atoms with Crippen molar-refractivity contribution < 1.29 is 4.79 Å². The first-order chi connectivity index (χ1) is 14.1. The van der Waals surface area contributed by atoms with E-state index in [4.69, 9.17) is 0 Å². The first kappa shape index (κ1) is 19.4. The lowest BCUT2D eigenvalue weighted by atomic mass is 10.0. The summed E-state index contributed by atoms with van der Waals surface area (Å²) in [6, 6.07) is 14.1. The van der Waals surface area contributed by atoms with E-state index in [1.165, 1.54) is 11.3 Å². The van der Waals surface area contributed by atoms with Gasteiger partial charge in [0.1, 0.15) is 0 Å². The predicted octanol–water partition coefficient (Wildman–Crippen LogP) is 3.96. The molecular weight excluding hydrogens is 360 g/mol. The van der Waals surface area contributed by atoms with Crippen LogP contribution in [0.2, 0.25) is 0 Å². The molecule has 4 rings (SSSR count). The molecule has 5 nitrogen and oxygen atoms in total. The van der Waals surface area contributed by atoms with E-state index >= 15 is 0 Å². The number of aromatic nitrogens is 2. The molecule has 0 saturated carbocycles. The van der Waals surface area contributed by atoms with Crippen molar-refractivity contribution in [1.29, 1.82) is 0 Å². The molecule has 0 N–H and O–H groups in total. The van der Waals surface area contributed by atoms with Crippen LogP contribution in [0.25, 0.3) is 10.8 Å². The minimum absolute atomic E-state index is 0.134. The summed E-state index contributed by atoms with van der Waals surface area (Å²) < 4.78 is 2.20. The number of nitrogens with zero attached hydrogens (tertiary/aromatic N) is 4. The average molecular weight is 389 g/mol. The highest BCUT2D eigenvalue weighted by Gasteiger charge is 2.23. The number of rotatable bonds is 5. The topological polar surface area (TPSA) is 41.4 Å². The van der Waals surface area contributed by atoms with E-state index in [0.29, 0.717) is 0 Å². The van der Waals surface area contributed by atoms with Gasteiger partial charge in [-0.05, 0) is 30.7 Å². The van der Waals surface area contributed by atoms with Gasteiger partial charge in [0.2, 0.25) is 0 Å². The third-order valence-electron chi connectivity index (χ3n) is 5.56. The molecule has 0 bridgehead atoms. The van der Waals surface area contributed by atoms with Crippen molar-refractivity contribution in [2.45, 2.75) is 26.9 Å². The van der Waals surface area contributed by atoms with Crippen LogP contribution in [0.5, 0.6) is 0 Å². The maximum Gasteiger partial charge on any atom is 0.254 e. The van der Waals surface area contributed by atoms with Gasteiger partial charge in [0.25, 0.3) is 5.91 Å². The van der Waals surface area contributed by atoms with E-state index < -0.39 is 0 Å². The zero-order valence-electron chi connectivity index (χ0n) is 17.2. The molecule has 0 aliphatic carbocycles. The zero-order chi connectivity index (χ0) is 20.2. The highest BCUT2D eigenvalue weighted by atomic mass is 16.2. The largest absolute Gasteiger partial charge is 0.336 e. The van der Waals surface area contributed by atoms with Gasteiger partial charge in [-0.15, -0.1) is 0 Å². The summed E-state index contributed by atoms with van der Waals surface area (Å²) in [6.45, 7) is 9.22. The number of carbonyl (C=O) groups excluding carboxylic acids is 1. The molecule has 0 spiro atoms. The van der Waals surface area contributed by atoms with Gasteiger partial charge in [-0.25, -0.2) is 4.98 Å². The third-order valence-corrected chi connectivity index (χ3v) is 5.56. The molecule has 2 heterocycles. The van der Waals surface area contributed by atoms with Gasteiger partial charge in [0, 0.05) is 51.0 Å². The molecule has 29 heavy (non-hydrogen) atoms. The second-order valence-electron chi connectivity index (χ2n) is 7.91. The van der Waals surface area contributed by atoms with Crippen molar-refractivity contribution in [2.24, 2.45) is 0 Å². The van der Waals surface area contributed by atoms with Crippen LogP contribution < -0.4 is 0 Å². The van der Waals surface area contributed by atoms with Gasteiger partial charge in [-0.3, -0.25) is 9.69 Å². The molecule has 1 aliphatic rings. The zero-order valence-corrected chi connectivity index (χ0v) is 17.2. The van der Waals surface area contributed by atoms with Gasteiger partial charge in [0.15, 0.2) is 0 Å². The van der Waals surface area contributed by atoms with E-state index in [9.17, 15) is 4.79 Å². The highest BCUT2D eigenvalue weighted by molar-refractivity contribution is 6.07. The fourth-order valence-corrected chi connectivity index (χ4v) is 3.85. The van der Waals surface area contributed by atoms with Gasteiger partial charge in [-0.2, -0.15) is 0 Å². The van der Waals surface area contributed by atoms with E-state index in [2.05, 4.69) is 46.5 Å². The van der Waals surface area contributed by atoms with Crippen molar-refractivity contribution in [3.8, 4) is 0 Å². The average Bonchev–Trinajstić information content (AvgIpc) is 3.19. The normalized spacial score (nSPS) is 14.9. The summed E-state index contributed by atoms with van der Waals surface area (Å²) in [6.07, 6.45) is 6.06. The van der Waals surface area contributed by atoms with Crippen LogP contribution in [0.3, 0.4) is 0 Å². The molecule has 0 unspecified atom stereocenters. The monoisotopic (exact) mass is 388 g/mol. The van der Waals surface area contributed by atoms with Crippen LogP contribution >= 0.6 is 0 Å². The predicted molar refractivity (Wildman–Crippen MR) is 117 cm³/mol. The Morgan fingerprint density at radius 1 is 1.03 bits per heavy atom. The summed E-state index contributed by atoms with van der Waals surface area (Å²) in [5.74, 6) is 0.134. The number of fused-ring (bicyclic) bond motifs is 1. The Bertz CT molecular complexity index is 1020. The summed E-state index contributed by atoms with van der Waals surface area (Å²) >= 11 is 0. The minimum Gasteiger partial charge on any atom is -0.336 e. The number of benzene rings is 2. The van der Waals surface area contributed by atoms with Crippen molar-refractivity contribution in [3.63, 3.8) is 0 Å². The molecule has 2 aromatic carbocycles. The standard InChI is InChI=1S/C24H28N4O/c1-19(2)10-11-28-18-25-16-21(28)17-26-12-14-27(15-13-26)24(29)23-9-5-7-20-6-3-4-8-22(20)23/h3-10,16,18H,11-15,17H2,1-2H3. The SMILES string of the molecule is CC(C)=CCn1cncc1CN1CCN(C(=O)c2cccc3ccccc23)CC1. The van der Waals surface area contributed by atoms with E-state index in [-0.39, 0.29) is 5.91 Å². The number of amides is 1. The lowest BCUT2D eigenvalue weighted by Crippen LogP contribution is -2.48. The van der Waals surface area contributed by atoms with E-state index in [1.54, 1.807) is 0 Å². The summed E-state index contributed by atoms with van der Waals surface area (Å²) in [5.41, 5.74) is 3.33. The number of piperazine rings is 1. The Hall–Kier alpha value is -2.92. The number of allylic oxidation sites excluding steroid dienone is 2. The Morgan fingerprint density at radius 3 is 2.59 bits per heavy atom. The van der Waals surface area contributed by atoms with Crippen molar-refractivity contribution in [1.82, 2.24) is 19.4 Å². The maximum atomic E-state index is 13.1. The van der Waals surface area contributed by atoms with Gasteiger partial charge in [-0.1, -0.05) is 48.0 Å². The van der Waals surface area contributed by atoms with Crippen LogP contribution in [0.15, 0.2) is 66.6 Å². The highest BCUT2D eigenvalue weighted by Crippen LogP contribution is 2.21. The van der Waals surface area contributed by atoms with Gasteiger partial charge in [0.05, 0.1) is 12.0 Å². The van der Waals surface area contributed by atoms with Crippen LogP contribution in [-0.4, -0.2) is 51.4 Å². The van der Waals surface area contributed by atoms with Crippen molar-refractivity contribution >= 4 is 16.7 Å². The molecule has 1 aromatic heterocycles. The lowest BCUT2D eigenvalue weighted by molar-refractivity contribution is 0.0627. The minimum atomic E-state index is 0.134. The fraction of sp³-hybridized carbons (Fsp3) is 0.333. The first-order valence-corrected chi connectivity index (χ1v) is 10.2. The van der Waals surface area contributed by atoms with Gasteiger partial charge < -0.3 is 9.47 Å². The molecule has 1 amide bonds. The molecule has 1 fully saturated rings.